The fourth-order valence-electron chi connectivity index (χ4n) is 2.77. The first-order valence-electron chi connectivity index (χ1n) is 7.34. The average molecular weight is 332 g/mol. The molecular formula is C18H20O2S2. The van der Waals surface area contributed by atoms with E-state index in [-0.39, 0.29) is 5.97 Å². The first kappa shape index (κ1) is 15.5. The molecule has 0 amide bonds. The Kier molecular flexibility index (Phi) is 4.50. The van der Waals surface area contributed by atoms with Gasteiger partial charge in [0.05, 0.1) is 5.56 Å². The van der Waals surface area contributed by atoms with Crippen LogP contribution in [0.1, 0.15) is 22.3 Å². The number of carbonyl (C=O) groups is 1. The highest BCUT2D eigenvalue weighted by molar-refractivity contribution is 8.93. The Balaban J connectivity index is 1.87. The number of fused-ring (bicyclic) bond motifs is 1. The molecule has 22 heavy (non-hydrogen) atoms. The molecule has 0 fully saturated rings. The summed E-state index contributed by atoms with van der Waals surface area (Å²) >= 11 is 0. The standard InChI is InChI=1S/C18H20O2S2/c1-21-22(2)12-6-9-14-10-11-16(13-17(14)22)20-18(19)15-7-4-3-5-8-15/h3-5,7-8,10-11,13H,6,9,12H2,1-2H3. The van der Waals surface area contributed by atoms with Gasteiger partial charge in [0.25, 0.3) is 0 Å². The largest absolute Gasteiger partial charge is 0.423 e. The van der Waals surface area contributed by atoms with Crippen LogP contribution in [-0.2, 0) is 6.42 Å². The van der Waals surface area contributed by atoms with Crippen molar-refractivity contribution in [1.29, 1.82) is 0 Å². The third kappa shape index (κ3) is 3.03. The molecule has 116 valence electrons. The number of hydrogen-bond donors (Lipinski definition) is 0. The van der Waals surface area contributed by atoms with Gasteiger partial charge in [0.15, 0.2) is 0 Å². The summed E-state index contributed by atoms with van der Waals surface area (Å²) in [5.74, 6) is 1.61. The predicted molar refractivity (Wildman–Crippen MR) is 96.3 cm³/mol. The van der Waals surface area contributed by atoms with Crippen molar-refractivity contribution in [3.63, 3.8) is 0 Å². The SMILES string of the molecule is CSS1(C)CCCc2ccc(OC(=O)c3ccccc3)cc21. The van der Waals surface area contributed by atoms with E-state index in [1.165, 1.54) is 22.6 Å². The van der Waals surface area contributed by atoms with E-state index in [9.17, 15) is 4.79 Å². The summed E-state index contributed by atoms with van der Waals surface area (Å²) in [6.45, 7) is 0. The Hall–Kier alpha value is -1.39. The number of esters is 1. The Morgan fingerprint density at radius 1 is 1.18 bits per heavy atom. The molecule has 2 nitrogen and oxygen atoms in total. The molecule has 0 spiro atoms. The lowest BCUT2D eigenvalue weighted by atomic mass is 10.1. The summed E-state index contributed by atoms with van der Waals surface area (Å²) in [5.41, 5.74) is 2.00. The molecule has 2 aromatic carbocycles. The van der Waals surface area contributed by atoms with Crippen LogP contribution in [0.25, 0.3) is 0 Å². The molecule has 1 heterocycles. The average Bonchev–Trinajstić information content (AvgIpc) is 2.56. The van der Waals surface area contributed by atoms with Crippen LogP contribution >= 0.6 is 19.9 Å². The van der Waals surface area contributed by atoms with Gasteiger partial charge in [0.2, 0.25) is 0 Å². The van der Waals surface area contributed by atoms with Crippen LogP contribution in [0.4, 0.5) is 0 Å². The third-order valence-electron chi connectivity index (χ3n) is 4.07. The van der Waals surface area contributed by atoms with Gasteiger partial charge in [-0.3, -0.25) is 0 Å². The molecular weight excluding hydrogens is 312 g/mol. The normalized spacial score (nSPS) is 23.2. The number of carbonyl (C=O) groups excluding carboxylic acids is 1. The van der Waals surface area contributed by atoms with Crippen LogP contribution in [0, 0.1) is 0 Å². The Bertz CT molecular complexity index is 685. The highest BCUT2D eigenvalue weighted by atomic mass is 33.2. The van der Waals surface area contributed by atoms with E-state index in [2.05, 4.69) is 24.6 Å². The maximum Gasteiger partial charge on any atom is 0.343 e. The van der Waals surface area contributed by atoms with Gasteiger partial charge in [0.1, 0.15) is 5.75 Å². The van der Waals surface area contributed by atoms with Gasteiger partial charge in [-0.25, -0.2) is 4.79 Å². The van der Waals surface area contributed by atoms with E-state index in [1.54, 1.807) is 12.1 Å². The molecule has 1 aliphatic heterocycles. The summed E-state index contributed by atoms with van der Waals surface area (Å²) in [7, 11) is 1.12. The maximum atomic E-state index is 12.2. The smallest absolute Gasteiger partial charge is 0.343 e. The summed E-state index contributed by atoms with van der Waals surface area (Å²) < 4.78 is 5.57. The van der Waals surface area contributed by atoms with Crippen molar-refractivity contribution in [1.82, 2.24) is 0 Å². The van der Waals surface area contributed by atoms with Crippen molar-refractivity contribution >= 4 is 25.8 Å². The molecule has 2 aromatic rings. The molecule has 0 aromatic heterocycles. The van der Waals surface area contributed by atoms with Crippen molar-refractivity contribution in [2.24, 2.45) is 0 Å². The predicted octanol–water partition coefficient (Wildman–Crippen LogP) is 4.92. The fourth-order valence-corrected chi connectivity index (χ4v) is 6.98. The molecule has 0 bridgehead atoms. The lowest BCUT2D eigenvalue weighted by molar-refractivity contribution is 0.0734. The summed E-state index contributed by atoms with van der Waals surface area (Å²) in [6, 6.07) is 15.3. The number of benzene rings is 2. The first-order chi connectivity index (χ1) is 10.6. The molecule has 1 unspecified atom stereocenters. The fraction of sp³-hybridized carbons (Fsp3) is 0.278. The number of ether oxygens (including phenoxy) is 1. The molecule has 0 N–H and O–H groups in total. The van der Waals surface area contributed by atoms with Gasteiger partial charge in [-0.05, 0) is 60.9 Å². The van der Waals surface area contributed by atoms with E-state index in [1.807, 2.05) is 35.1 Å². The highest BCUT2D eigenvalue weighted by Gasteiger charge is 2.27. The number of rotatable bonds is 3. The first-order valence-corrected chi connectivity index (χ1v) is 11.3. The number of hydrogen-bond acceptors (Lipinski definition) is 3. The lowest BCUT2D eigenvalue weighted by Gasteiger charge is -2.39. The monoisotopic (exact) mass is 332 g/mol. The quantitative estimate of drug-likeness (QED) is 0.453. The number of aryl methyl sites for hydroxylation is 1. The van der Waals surface area contributed by atoms with Crippen molar-refractivity contribution < 1.29 is 9.53 Å². The molecule has 0 saturated carbocycles. The minimum Gasteiger partial charge on any atom is -0.423 e. The maximum absolute atomic E-state index is 12.2. The minimum absolute atomic E-state index is 0.294. The van der Waals surface area contributed by atoms with Crippen LogP contribution in [0.15, 0.2) is 53.4 Å². The van der Waals surface area contributed by atoms with Gasteiger partial charge in [-0.2, -0.15) is 9.06 Å². The minimum atomic E-state index is -0.835. The van der Waals surface area contributed by atoms with Crippen LogP contribution < -0.4 is 4.74 Å². The third-order valence-corrected chi connectivity index (χ3v) is 10.4. The topological polar surface area (TPSA) is 26.3 Å². The van der Waals surface area contributed by atoms with Gasteiger partial charge >= 0.3 is 5.97 Å². The second-order valence-corrected chi connectivity index (χ2v) is 11.9. The lowest BCUT2D eigenvalue weighted by Crippen LogP contribution is -2.12. The van der Waals surface area contributed by atoms with E-state index >= 15 is 0 Å². The zero-order valence-electron chi connectivity index (χ0n) is 12.9. The summed E-state index contributed by atoms with van der Waals surface area (Å²) in [4.78, 5) is 13.6. The summed E-state index contributed by atoms with van der Waals surface area (Å²) in [5, 5.41) is 0. The molecule has 3 rings (SSSR count). The molecule has 4 heteroatoms. The highest BCUT2D eigenvalue weighted by Crippen LogP contribution is 2.65. The van der Waals surface area contributed by atoms with Gasteiger partial charge in [0, 0.05) is 4.90 Å². The Morgan fingerprint density at radius 2 is 1.95 bits per heavy atom. The summed E-state index contributed by atoms with van der Waals surface area (Å²) in [6.07, 6.45) is 6.93. The van der Waals surface area contributed by atoms with Crippen LogP contribution in [0.3, 0.4) is 0 Å². The van der Waals surface area contributed by atoms with Crippen molar-refractivity contribution in [2.45, 2.75) is 17.7 Å². The van der Waals surface area contributed by atoms with E-state index in [0.29, 0.717) is 11.3 Å². The van der Waals surface area contributed by atoms with Gasteiger partial charge in [-0.15, -0.1) is 10.8 Å². The van der Waals surface area contributed by atoms with E-state index in [0.717, 1.165) is 6.42 Å². The molecule has 0 radical (unpaired) electrons. The van der Waals surface area contributed by atoms with E-state index < -0.39 is 9.06 Å². The Labute approximate surface area is 137 Å². The molecule has 1 atom stereocenters. The second kappa shape index (κ2) is 6.39. The van der Waals surface area contributed by atoms with Crippen molar-refractivity contribution in [3.8, 4) is 5.75 Å². The zero-order valence-corrected chi connectivity index (χ0v) is 14.5. The van der Waals surface area contributed by atoms with E-state index in [4.69, 9.17) is 4.74 Å². The molecule has 1 aliphatic rings. The van der Waals surface area contributed by atoms with Crippen LogP contribution in [-0.4, -0.2) is 24.2 Å². The van der Waals surface area contributed by atoms with Crippen molar-refractivity contribution in [3.05, 3.63) is 59.7 Å². The second-order valence-electron chi connectivity index (χ2n) is 5.50. The van der Waals surface area contributed by atoms with Crippen molar-refractivity contribution in [2.75, 3.05) is 18.3 Å². The zero-order chi connectivity index (χ0) is 15.6. The molecule has 0 aliphatic carbocycles. The Morgan fingerprint density at radius 3 is 2.68 bits per heavy atom. The van der Waals surface area contributed by atoms with Gasteiger partial charge < -0.3 is 4.74 Å². The van der Waals surface area contributed by atoms with Gasteiger partial charge in [-0.1, -0.05) is 24.3 Å². The molecule has 0 saturated heterocycles. The van der Waals surface area contributed by atoms with Crippen LogP contribution in [0.2, 0.25) is 0 Å². The van der Waals surface area contributed by atoms with Crippen LogP contribution in [0.5, 0.6) is 5.75 Å².